The summed E-state index contributed by atoms with van der Waals surface area (Å²) in [7, 11) is 0. The maximum Gasteiger partial charge on any atom is 0.222 e. The molecule has 0 bridgehead atoms. The van der Waals surface area contributed by atoms with E-state index >= 15 is 0 Å². The Balaban J connectivity index is 2.35. The standard InChI is InChI=1S/C11H12F3NO/c1-11(2)5-16-10(15-11)9-7(13)3-6(12)4-8(9)14/h3,6H,4-5H2,1-2H3. The van der Waals surface area contributed by atoms with E-state index < -0.39 is 29.8 Å². The van der Waals surface area contributed by atoms with Crippen molar-refractivity contribution in [2.24, 2.45) is 4.99 Å². The lowest BCUT2D eigenvalue weighted by Crippen LogP contribution is -2.17. The summed E-state index contributed by atoms with van der Waals surface area (Å²) in [6, 6.07) is 0. The highest BCUT2D eigenvalue weighted by molar-refractivity contribution is 5.99. The van der Waals surface area contributed by atoms with Gasteiger partial charge in [-0.15, -0.1) is 0 Å². The Morgan fingerprint density at radius 1 is 1.44 bits per heavy atom. The van der Waals surface area contributed by atoms with Crippen LogP contribution >= 0.6 is 0 Å². The Kier molecular flexibility index (Phi) is 2.56. The molecule has 0 spiro atoms. The van der Waals surface area contributed by atoms with Crippen LogP contribution in [0, 0.1) is 0 Å². The van der Waals surface area contributed by atoms with Crippen molar-refractivity contribution in [2.75, 3.05) is 6.61 Å². The van der Waals surface area contributed by atoms with Gasteiger partial charge in [-0.3, -0.25) is 0 Å². The second-order valence-electron chi connectivity index (χ2n) is 4.53. The van der Waals surface area contributed by atoms with E-state index in [0.717, 1.165) is 6.08 Å². The average Bonchev–Trinajstić information content (AvgIpc) is 2.44. The number of hydrogen-bond donors (Lipinski definition) is 0. The molecule has 1 aliphatic carbocycles. The van der Waals surface area contributed by atoms with Crippen molar-refractivity contribution in [3.8, 4) is 0 Å². The van der Waals surface area contributed by atoms with Crippen LogP contribution in [0.3, 0.4) is 0 Å². The summed E-state index contributed by atoms with van der Waals surface area (Å²) in [5.41, 5.74) is -0.824. The molecule has 2 nitrogen and oxygen atoms in total. The molecule has 0 N–H and O–H groups in total. The first-order valence-electron chi connectivity index (χ1n) is 5.02. The molecule has 0 radical (unpaired) electrons. The highest BCUT2D eigenvalue weighted by Gasteiger charge is 2.34. The molecule has 1 atom stereocenters. The molecule has 5 heteroatoms. The predicted octanol–water partition coefficient (Wildman–Crippen LogP) is 3.01. The Hall–Kier alpha value is -1.26. The van der Waals surface area contributed by atoms with Gasteiger partial charge in [0, 0.05) is 6.42 Å². The lowest BCUT2D eigenvalue weighted by Gasteiger charge is -2.13. The smallest absolute Gasteiger partial charge is 0.222 e. The third-order valence-electron chi connectivity index (χ3n) is 2.39. The van der Waals surface area contributed by atoms with Gasteiger partial charge in [0.1, 0.15) is 30.0 Å². The van der Waals surface area contributed by atoms with E-state index in [2.05, 4.69) is 4.99 Å². The molecule has 0 aromatic carbocycles. The van der Waals surface area contributed by atoms with Crippen LogP contribution in [0.4, 0.5) is 13.2 Å². The molecule has 0 aromatic heterocycles. The highest BCUT2D eigenvalue weighted by Crippen LogP contribution is 2.33. The first-order valence-corrected chi connectivity index (χ1v) is 5.02. The molecule has 0 fully saturated rings. The number of allylic oxidation sites excluding steroid dienone is 2. The van der Waals surface area contributed by atoms with E-state index in [1.807, 2.05) is 0 Å². The van der Waals surface area contributed by atoms with Crippen LogP contribution in [0.5, 0.6) is 0 Å². The summed E-state index contributed by atoms with van der Waals surface area (Å²) in [6.45, 7) is 3.85. The lowest BCUT2D eigenvalue weighted by atomic mass is 10.0. The zero-order valence-electron chi connectivity index (χ0n) is 9.06. The van der Waals surface area contributed by atoms with Gasteiger partial charge >= 0.3 is 0 Å². The third kappa shape index (κ3) is 1.99. The number of aliphatic imine (C=N–C) groups is 1. The molecule has 0 aromatic rings. The molecule has 16 heavy (non-hydrogen) atoms. The van der Waals surface area contributed by atoms with Crippen molar-refractivity contribution < 1.29 is 17.9 Å². The van der Waals surface area contributed by atoms with E-state index in [1.165, 1.54) is 0 Å². The molecule has 2 rings (SSSR count). The molecule has 88 valence electrons. The SMILES string of the molecule is CC1(C)COC(C2=C(F)CC(F)C=C2F)=N1. The topological polar surface area (TPSA) is 21.6 Å². The average molecular weight is 231 g/mol. The van der Waals surface area contributed by atoms with Gasteiger partial charge in [-0.2, -0.15) is 0 Å². The lowest BCUT2D eigenvalue weighted by molar-refractivity contribution is 0.277. The minimum Gasteiger partial charge on any atom is -0.475 e. The summed E-state index contributed by atoms with van der Waals surface area (Å²) in [5, 5.41) is 0. The third-order valence-corrected chi connectivity index (χ3v) is 2.39. The number of alkyl halides is 1. The molecular formula is C11H12F3NO. The molecule has 1 aliphatic heterocycles. The second-order valence-corrected chi connectivity index (χ2v) is 4.53. The van der Waals surface area contributed by atoms with Gasteiger partial charge in [0.05, 0.1) is 5.54 Å². The highest BCUT2D eigenvalue weighted by atomic mass is 19.2. The van der Waals surface area contributed by atoms with Crippen LogP contribution in [0.15, 0.2) is 28.3 Å². The second kappa shape index (κ2) is 3.64. The van der Waals surface area contributed by atoms with Gasteiger partial charge in [-0.05, 0) is 19.9 Å². The van der Waals surface area contributed by atoms with Crippen molar-refractivity contribution in [3.05, 3.63) is 23.3 Å². The fraction of sp³-hybridized carbons (Fsp3) is 0.545. The quantitative estimate of drug-likeness (QED) is 0.679. The van der Waals surface area contributed by atoms with Crippen LogP contribution in [0.25, 0.3) is 0 Å². The summed E-state index contributed by atoms with van der Waals surface area (Å²) in [5.74, 6) is -1.85. The van der Waals surface area contributed by atoms with Gasteiger partial charge in [-0.1, -0.05) is 0 Å². The van der Waals surface area contributed by atoms with E-state index in [1.54, 1.807) is 13.8 Å². The number of hydrogen-bond acceptors (Lipinski definition) is 2. The Morgan fingerprint density at radius 2 is 2.12 bits per heavy atom. The van der Waals surface area contributed by atoms with Gasteiger partial charge in [0.15, 0.2) is 0 Å². The maximum absolute atomic E-state index is 13.5. The van der Waals surface area contributed by atoms with Crippen molar-refractivity contribution in [1.82, 2.24) is 0 Å². The Morgan fingerprint density at radius 3 is 2.62 bits per heavy atom. The van der Waals surface area contributed by atoms with Gasteiger partial charge in [0.25, 0.3) is 0 Å². The first kappa shape index (κ1) is 11.2. The number of nitrogens with zero attached hydrogens (tertiary/aromatic N) is 1. The van der Waals surface area contributed by atoms with E-state index in [0.29, 0.717) is 0 Å². The van der Waals surface area contributed by atoms with Crippen LogP contribution in [0.1, 0.15) is 20.3 Å². The maximum atomic E-state index is 13.5. The summed E-state index contributed by atoms with van der Waals surface area (Å²) in [4.78, 5) is 4.06. The molecule has 2 aliphatic rings. The van der Waals surface area contributed by atoms with Crippen LogP contribution < -0.4 is 0 Å². The monoisotopic (exact) mass is 231 g/mol. The van der Waals surface area contributed by atoms with Crippen LogP contribution in [-0.4, -0.2) is 24.2 Å². The van der Waals surface area contributed by atoms with E-state index in [-0.39, 0.29) is 18.1 Å². The molecular weight excluding hydrogens is 219 g/mol. The fourth-order valence-electron chi connectivity index (χ4n) is 1.63. The fourth-order valence-corrected chi connectivity index (χ4v) is 1.63. The Bertz CT molecular complexity index is 409. The van der Waals surface area contributed by atoms with Crippen molar-refractivity contribution >= 4 is 5.90 Å². The van der Waals surface area contributed by atoms with Crippen molar-refractivity contribution in [3.63, 3.8) is 0 Å². The van der Waals surface area contributed by atoms with E-state index in [4.69, 9.17) is 4.74 Å². The van der Waals surface area contributed by atoms with Gasteiger partial charge in [-0.25, -0.2) is 18.2 Å². The first-order chi connectivity index (χ1) is 7.39. The van der Waals surface area contributed by atoms with Crippen LogP contribution in [-0.2, 0) is 4.74 Å². The zero-order valence-corrected chi connectivity index (χ0v) is 9.06. The largest absolute Gasteiger partial charge is 0.475 e. The summed E-state index contributed by atoms with van der Waals surface area (Å²) in [6.07, 6.45) is -1.32. The minimum atomic E-state index is -1.61. The van der Waals surface area contributed by atoms with Crippen molar-refractivity contribution in [1.29, 1.82) is 0 Å². The number of ether oxygens (including phenoxy) is 1. The molecule has 0 amide bonds. The minimum absolute atomic E-state index is 0.0665. The molecule has 1 heterocycles. The van der Waals surface area contributed by atoms with Crippen LogP contribution in [0.2, 0.25) is 0 Å². The summed E-state index contributed by atoms with van der Waals surface area (Å²) >= 11 is 0. The number of rotatable bonds is 1. The van der Waals surface area contributed by atoms with Gasteiger partial charge < -0.3 is 4.74 Å². The molecule has 1 unspecified atom stereocenters. The zero-order chi connectivity index (χ0) is 11.9. The van der Waals surface area contributed by atoms with Crippen molar-refractivity contribution in [2.45, 2.75) is 32.0 Å². The number of halogens is 3. The Labute approximate surface area is 91.5 Å². The summed E-state index contributed by atoms with van der Waals surface area (Å²) < 4.78 is 44.8. The normalized spacial score (nSPS) is 28.7. The van der Waals surface area contributed by atoms with Gasteiger partial charge in [0.2, 0.25) is 5.90 Å². The van der Waals surface area contributed by atoms with E-state index in [9.17, 15) is 13.2 Å². The molecule has 0 saturated heterocycles. The predicted molar refractivity (Wildman–Crippen MR) is 54.3 cm³/mol. The molecule has 0 saturated carbocycles.